The predicted molar refractivity (Wildman–Crippen MR) is 77.1 cm³/mol. The minimum Gasteiger partial charge on any atom is -0.497 e. The maximum Gasteiger partial charge on any atom is 0.216 e. The molecule has 1 N–H and O–H groups in total. The van der Waals surface area contributed by atoms with Crippen LogP contribution in [0.2, 0.25) is 0 Å². The van der Waals surface area contributed by atoms with Gasteiger partial charge in [-0.05, 0) is 24.2 Å². The smallest absolute Gasteiger partial charge is 0.216 e. The van der Waals surface area contributed by atoms with Crippen LogP contribution >= 0.6 is 0 Å². The molecule has 0 bridgehead atoms. The number of hydrogen-bond donors (Lipinski definition) is 1. The van der Waals surface area contributed by atoms with E-state index in [9.17, 15) is 0 Å². The summed E-state index contributed by atoms with van der Waals surface area (Å²) in [6.45, 7) is 2.90. The minimum atomic E-state index is 0.00260. The van der Waals surface area contributed by atoms with E-state index in [4.69, 9.17) is 9.47 Å². The second-order valence-corrected chi connectivity index (χ2v) is 4.25. The molecule has 0 spiro atoms. The van der Waals surface area contributed by atoms with Gasteiger partial charge in [0, 0.05) is 6.07 Å². The third kappa shape index (κ3) is 3.24. The molecule has 0 saturated carbocycles. The van der Waals surface area contributed by atoms with Crippen molar-refractivity contribution in [3.05, 3.63) is 47.9 Å². The molecular weight excluding hydrogens is 254 g/mol. The Kier molecular flexibility index (Phi) is 4.90. The Bertz CT molecular complexity index is 543. The zero-order chi connectivity index (χ0) is 14.4. The zero-order valence-corrected chi connectivity index (χ0v) is 12.0. The first kappa shape index (κ1) is 14.3. The predicted octanol–water partition coefficient (Wildman–Crippen LogP) is 2.19. The summed E-state index contributed by atoms with van der Waals surface area (Å²) in [5.74, 6) is 1.40. The van der Waals surface area contributed by atoms with Gasteiger partial charge in [-0.15, -0.1) is 0 Å². The Balaban J connectivity index is 2.33. The molecule has 1 atom stereocenters. The van der Waals surface area contributed by atoms with E-state index in [0.717, 1.165) is 23.6 Å². The molecule has 0 saturated heterocycles. The number of hydrogen-bond acceptors (Lipinski definition) is 5. The van der Waals surface area contributed by atoms with Crippen molar-refractivity contribution in [2.24, 2.45) is 0 Å². The largest absolute Gasteiger partial charge is 0.497 e. The Hall–Kier alpha value is -2.14. The lowest BCUT2D eigenvalue weighted by molar-refractivity contribution is 0.395. The first-order valence-corrected chi connectivity index (χ1v) is 6.51. The highest BCUT2D eigenvalue weighted by atomic mass is 16.5. The molecule has 0 aliphatic carbocycles. The topological polar surface area (TPSA) is 56.3 Å². The van der Waals surface area contributed by atoms with Crippen LogP contribution in [0.5, 0.6) is 11.6 Å². The maximum atomic E-state index is 5.19. The first-order valence-electron chi connectivity index (χ1n) is 6.51. The van der Waals surface area contributed by atoms with E-state index in [1.54, 1.807) is 14.2 Å². The number of aromatic nitrogens is 2. The van der Waals surface area contributed by atoms with Gasteiger partial charge in [-0.2, -0.15) is 0 Å². The van der Waals surface area contributed by atoms with Gasteiger partial charge in [-0.3, -0.25) is 0 Å². The summed E-state index contributed by atoms with van der Waals surface area (Å²) in [6, 6.07) is 9.79. The van der Waals surface area contributed by atoms with Gasteiger partial charge in [0.15, 0.2) is 0 Å². The third-order valence-electron chi connectivity index (χ3n) is 3.03. The van der Waals surface area contributed by atoms with Crippen LogP contribution in [0.3, 0.4) is 0 Å². The van der Waals surface area contributed by atoms with Gasteiger partial charge in [0.25, 0.3) is 0 Å². The number of methoxy groups -OCH3 is 2. The minimum absolute atomic E-state index is 0.00260. The van der Waals surface area contributed by atoms with Crippen LogP contribution in [0.4, 0.5) is 0 Å². The molecule has 20 heavy (non-hydrogen) atoms. The number of nitrogens with one attached hydrogen (secondary N) is 1. The van der Waals surface area contributed by atoms with Crippen molar-refractivity contribution in [1.29, 1.82) is 0 Å². The van der Waals surface area contributed by atoms with Crippen molar-refractivity contribution < 1.29 is 9.47 Å². The monoisotopic (exact) mass is 273 g/mol. The Morgan fingerprint density at radius 2 is 1.85 bits per heavy atom. The van der Waals surface area contributed by atoms with Gasteiger partial charge in [0.2, 0.25) is 5.88 Å². The van der Waals surface area contributed by atoms with E-state index in [2.05, 4.69) is 22.2 Å². The molecule has 0 radical (unpaired) electrons. The third-order valence-corrected chi connectivity index (χ3v) is 3.03. The van der Waals surface area contributed by atoms with Crippen molar-refractivity contribution >= 4 is 0 Å². The molecule has 0 aliphatic heterocycles. The lowest BCUT2D eigenvalue weighted by Gasteiger charge is -2.18. The van der Waals surface area contributed by atoms with Gasteiger partial charge in [-0.1, -0.05) is 19.1 Å². The van der Waals surface area contributed by atoms with Crippen LogP contribution in [0, 0.1) is 0 Å². The van der Waals surface area contributed by atoms with Crippen molar-refractivity contribution in [3.63, 3.8) is 0 Å². The molecule has 106 valence electrons. The van der Waals surface area contributed by atoms with E-state index in [1.807, 2.05) is 30.3 Å². The lowest BCUT2D eigenvalue weighted by Crippen LogP contribution is -2.23. The van der Waals surface area contributed by atoms with Gasteiger partial charge in [0.1, 0.15) is 12.1 Å². The molecule has 5 nitrogen and oxygen atoms in total. The van der Waals surface area contributed by atoms with E-state index in [0.29, 0.717) is 5.88 Å². The Labute approximate surface area is 119 Å². The number of ether oxygens (including phenoxy) is 2. The first-order chi connectivity index (χ1) is 9.78. The fourth-order valence-corrected chi connectivity index (χ4v) is 2.02. The van der Waals surface area contributed by atoms with Crippen LogP contribution in [-0.4, -0.2) is 30.7 Å². The van der Waals surface area contributed by atoms with Crippen LogP contribution in [0.1, 0.15) is 24.2 Å². The lowest BCUT2D eigenvalue weighted by atomic mass is 10.0. The van der Waals surface area contributed by atoms with E-state index in [1.165, 1.54) is 6.33 Å². The fraction of sp³-hybridized carbons (Fsp3) is 0.333. The molecule has 1 aromatic heterocycles. The molecular formula is C15H19N3O2. The molecule has 2 aromatic rings. The van der Waals surface area contributed by atoms with Gasteiger partial charge >= 0.3 is 0 Å². The van der Waals surface area contributed by atoms with Crippen LogP contribution in [0.15, 0.2) is 36.7 Å². The Morgan fingerprint density at radius 1 is 1.10 bits per heavy atom. The molecule has 2 rings (SSSR count). The normalized spacial score (nSPS) is 11.9. The molecule has 1 aromatic carbocycles. The Morgan fingerprint density at radius 3 is 2.45 bits per heavy atom. The van der Waals surface area contributed by atoms with Gasteiger partial charge in [0.05, 0.1) is 26.0 Å². The van der Waals surface area contributed by atoms with E-state index < -0.39 is 0 Å². The standard InChI is InChI=1S/C15H19N3O2/c1-4-16-15(11-5-7-12(19-2)8-6-11)13-9-14(20-3)18-10-17-13/h5-10,15-16H,4H2,1-3H3. The molecule has 1 unspecified atom stereocenters. The zero-order valence-electron chi connectivity index (χ0n) is 12.0. The molecule has 0 aliphatic rings. The summed E-state index contributed by atoms with van der Waals surface area (Å²) in [7, 11) is 3.26. The van der Waals surface area contributed by atoms with Gasteiger partial charge in [-0.25, -0.2) is 9.97 Å². The second kappa shape index (κ2) is 6.86. The summed E-state index contributed by atoms with van der Waals surface area (Å²) < 4.78 is 10.3. The highest BCUT2D eigenvalue weighted by Gasteiger charge is 2.15. The van der Waals surface area contributed by atoms with E-state index in [-0.39, 0.29) is 6.04 Å². The second-order valence-electron chi connectivity index (χ2n) is 4.25. The molecule has 5 heteroatoms. The number of benzene rings is 1. The van der Waals surface area contributed by atoms with E-state index >= 15 is 0 Å². The van der Waals surface area contributed by atoms with Crippen LogP contribution in [0.25, 0.3) is 0 Å². The summed E-state index contributed by atoms with van der Waals surface area (Å²) >= 11 is 0. The van der Waals surface area contributed by atoms with Crippen LogP contribution < -0.4 is 14.8 Å². The van der Waals surface area contributed by atoms with Crippen molar-refractivity contribution in [2.45, 2.75) is 13.0 Å². The quantitative estimate of drug-likeness (QED) is 0.874. The molecule has 1 heterocycles. The maximum absolute atomic E-state index is 5.19. The number of rotatable bonds is 6. The van der Waals surface area contributed by atoms with Crippen molar-refractivity contribution in [3.8, 4) is 11.6 Å². The SMILES string of the molecule is CCNC(c1ccc(OC)cc1)c1cc(OC)ncn1. The van der Waals surface area contributed by atoms with Crippen LogP contribution in [-0.2, 0) is 0 Å². The number of nitrogens with zero attached hydrogens (tertiary/aromatic N) is 2. The van der Waals surface area contributed by atoms with Crippen molar-refractivity contribution in [2.75, 3.05) is 20.8 Å². The van der Waals surface area contributed by atoms with Gasteiger partial charge < -0.3 is 14.8 Å². The summed E-state index contributed by atoms with van der Waals surface area (Å²) in [4.78, 5) is 8.38. The summed E-state index contributed by atoms with van der Waals surface area (Å²) in [5.41, 5.74) is 2.00. The highest BCUT2D eigenvalue weighted by molar-refractivity contribution is 5.34. The summed E-state index contributed by atoms with van der Waals surface area (Å²) in [6.07, 6.45) is 1.52. The average Bonchev–Trinajstić information content (AvgIpc) is 2.53. The average molecular weight is 273 g/mol. The molecule has 0 fully saturated rings. The highest BCUT2D eigenvalue weighted by Crippen LogP contribution is 2.24. The summed E-state index contributed by atoms with van der Waals surface area (Å²) in [5, 5.41) is 3.42. The fourth-order valence-electron chi connectivity index (χ4n) is 2.02. The van der Waals surface area contributed by atoms with Crippen molar-refractivity contribution in [1.82, 2.24) is 15.3 Å². The molecule has 0 amide bonds.